The highest BCUT2D eigenvalue weighted by Gasteiger charge is 2.24. The third-order valence-corrected chi connectivity index (χ3v) is 6.25. The van der Waals surface area contributed by atoms with E-state index in [4.69, 9.17) is 0 Å². The zero-order valence-corrected chi connectivity index (χ0v) is 20.3. The number of nitrogens with zero attached hydrogens (tertiary/aromatic N) is 1. The van der Waals surface area contributed by atoms with Gasteiger partial charge in [-0.05, 0) is 91.0 Å². The van der Waals surface area contributed by atoms with E-state index in [1.54, 1.807) is 24.3 Å². The molecule has 0 spiro atoms. The van der Waals surface area contributed by atoms with Crippen LogP contribution in [0.1, 0.15) is 59.6 Å². The van der Waals surface area contributed by atoms with Gasteiger partial charge >= 0.3 is 0 Å². The minimum Gasteiger partial charge on any atom is -0.206 e. The van der Waals surface area contributed by atoms with Crippen molar-refractivity contribution in [2.45, 2.75) is 39.0 Å². The van der Waals surface area contributed by atoms with Gasteiger partial charge in [0, 0.05) is 16.7 Å². The molecule has 0 bridgehead atoms. The lowest BCUT2D eigenvalue weighted by molar-refractivity contribution is 0.411. The Hall–Kier alpha value is -3.70. The molecule has 3 aromatic carbocycles. The molecule has 1 aliphatic rings. The van der Waals surface area contributed by atoms with Crippen molar-refractivity contribution in [2.24, 2.45) is 10.9 Å². The van der Waals surface area contributed by atoms with Crippen LogP contribution in [0.3, 0.4) is 0 Å². The van der Waals surface area contributed by atoms with Gasteiger partial charge in [-0.25, -0.2) is 17.6 Å². The zero-order chi connectivity index (χ0) is 25.7. The number of thiocarbonyl (C=S) groups is 1. The summed E-state index contributed by atoms with van der Waals surface area (Å²) in [5.41, 5.74) is 1.88. The van der Waals surface area contributed by atoms with Gasteiger partial charge in [-0.3, -0.25) is 0 Å². The Kier molecular flexibility index (Phi) is 8.01. The monoisotopic (exact) mass is 503 g/mol. The third kappa shape index (κ3) is 5.74. The molecule has 3 aromatic rings. The van der Waals surface area contributed by atoms with Crippen molar-refractivity contribution < 1.29 is 17.6 Å². The van der Waals surface area contributed by atoms with Crippen molar-refractivity contribution in [3.05, 3.63) is 99.1 Å². The van der Waals surface area contributed by atoms with E-state index in [0.29, 0.717) is 35.4 Å². The summed E-state index contributed by atoms with van der Waals surface area (Å²) in [6.07, 6.45) is 4.34. The molecule has 1 nitrogen and oxygen atoms in total. The SMILES string of the molecule is CCCC1CCc2c(cc(F)c(C#Cc3ccc(C#Cc4cc(F)c(N=C=S)c(F)c4)cc3)c2F)C1. The summed E-state index contributed by atoms with van der Waals surface area (Å²) in [7, 11) is 0. The summed E-state index contributed by atoms with van der Waals surface area (Å²) < 4.78 is 57.6. The van der Waals surface area contributed by atoms with E-state index in [1.807, 2.05) is 5.16 Å². The van der Waals surface area contributed by atoms with Gasteiger partial charge < -0.3 is 0 Å². The molecule has 0 saturated carbocycles. The van der Waals surface area contributed by atoms with Crippen molar-refractivity contribution in [2.75, 3.05) is 0 Å². The number of hydrogen-bond donors (Lipinski definition) is 0. The average Bonchev–Trinajstić information content (AvgIpc) is 2.85. The van der Waals surface area contributed by atoms with Crippen LogP contribution < -0.4 is 0 Å². The van der Waals surface area contributed by atoms with Crippen LogP contribution >= 0.6 is 12.2 Å². The topological polar surface area (TPSA) is 12.4 Å². The first-order valence-electron chi connectivity index (χ1n) is 11.6. The Labute approximate surface area is 213 Å². The molecule has 0 heterocycles. The summed E-state index contributed by atoms with van der Waals surface area (Å²) in [6, 6.07) is 10.2. The van der Waals surface area contributed by atoms with Crippen molar-refractivity contribution >= 4 is 23.1 Å². The quantitative estimate of drug-likeness (QED) is 0.155. The van der Waals surface area contributed by atoms with Gasteiger partial charge in [-0.15, -0.1) is 0 Å². The van der Waals surface area contributed by atoms with Crippen LogP contribution in [0, 0.1) is 52.9 Å². The highest BCUT2D eigenvalue weighted by molar-refractivity contribution is 7.78. The van der Waals surface area contributed by atoms with E-state index in [9.17, 15) is 13.2 Å². The van der Waals surface area contributed by atoms with Gasteiger partial charge in [-0.1, -0.05) is 43.4 Å². The van der Waals surface area contributed by atoms with E-state index >= 15 is 4.39 Å². The van der Waals surface area contributed by atoms with Crippen LogP contribution in [0.15, 0.2) is 47.5 Å². The van der Waals surface area contributed by atoms with E-state index in [-0.39, 0.29) is 11.1 Å². The Bertz CT molecular complexity index is 1460. The smallest absolute Gasteiger partial charge is 0.153 e. The predicted octanol–water partition coefficient (Wildman–Crippen LogP) is 7.68. The number of isothiocyanates is 1. The Morgan fingerprint density at radius 1 is 0.861 bits per heavy atom. The van der Waals surface area contributed by atoms with Gasteiger partial charge in [0.15, 0.2) is 11.6 Å². The maximum atomic E-state index is 15.1. The number of aliphatic imine (C=N–C) groups is 1. The van der Waals surface area contributed by atoms with Crippen LogP contribution in [0.4, 0.5) is 23.2 Å². The van der Waals surface area contributed by atoms with E-state index < -0.39 is 29.0 Å². The number of fused-ring (bicyclic) bond motifs is 1. The predicted molar refractivity (Wildman–Crippen MR) is 136 cm³/mol. The van der Waals surface area contributed by atoms with E-state index in [0.717, 1.165) is 37.0 Å². The van der Waals surface area contributed by atoms with Crippen molar-refractivity contribution in [3.63, 3.8) is 0 Å². The van der Waals surface area contributed by atoms with Gasteiger partial charge in [0.1, 0.15) is 17.3 Å². The summed E-state index contributed by atoms with van der Waals surface area (Å²) in [5, 5.41) is 1.93. The molecule has 4 rings (SSSR count). The van der Waals surface area contributed by atoms with E-state index in [2.05, 4.69) is 47.8 Å². The summed E-state index contributed by atoms with van der Waals surface area (Å²) in [5.74, 6) is 8.47. The van der Waals surface area contributed by atoms with Gasteiger partial charge in [0.2, 0.25) is 0 Å². The van der Waals surface area contributed by atoms with Crippen LogP contribution in [-0.2, 0) is 12.8 Å². The van der Waals surface area contributed by atoms with Gasteiger partial charge in [-0.2, -0.15) is 4.99 Å². The molecule has 6 heteroatoms. The normalized spacial score (nSPS) is 14.0. The van der Waals surface area contributed by atoms with Crippen LogP contribution in [0.25, 0.3) is 0 Å². The lowest BCUT2D eigenvalue weighted by atomic mass is 9.81. The van der Waals surface area contributed by atoms with Crippen molar-refractivity contribution in [1.29, 1.82) is 0 Å². The molecule has 0 N–H and O–H groups in total. The molecule has 0 amide bonds. The molecule has 1 aliphatic carbocycles. The fraction of sp³-hybridized carbons (Fsp3) is 0.233. The first kappa shape index (κ1) is 25.4. The molecular weight excluding hydrogens is 482 g/mol. The first-order valence-corrected chi connectivity index (χ1v) is 12.0. The maximum Gasteiger partial charge on any atom is 0.153 e. The summed E-state index contributed by atoms with van der Waals surface area (Å²) in [6.45, 7) is 2.12. The summed E-state index contributed by atoms with van der Waals surface area (Å²) in [4.78, 5) is 3.36. The standard InChI is InChI=1S/C30H21F4NS/c1-2-3-21-11-12-24-23(14-21)17-26(31)25(29(24)34)13-10-20-6-4-19(5-7-20)8-9-22-15-27(32)30(35-18-36)28(33)16-22/h4-7,15-17,21H,2-3,11-12,14H2,1H3. The molecule has 1 atom stereocenters. The third-order valence-electron chi connectivity index (χ3n) is 6.16. The van der Waals surface area contributed by atoms with Crippen LogP contribution in [0.5, 0.6) is 0 Å². The Morgan fingerprint density at radius 2 is 1.47 bits per heavy atom. The highest BCUT2D eigenvalue weighted by atomic mass is 32.1. The van der Waals surface area contributed by atoms with Crippen molar-refractivity contribution in [3.8, 4) is 23.7 Å². The molecular formula is C30H21F4NS. The highest BCUT2D eigenvalue weighted by Crippen LogP contribution is 2.32. The lowest BCUT2D eigenvalue weighted by Gasteiger charge is -2.25. The van der Waals surface area contributed by atoms with Gasteiger partial charge in [0.25, 0.3) is 0 Å². The van der Waals surface area contributed by atoms with Gasteiger partial charge in [0.05, 0.1) is 10.7 Å². The van der Waals surface area contributed by atoms with Crippen molar-refractivity contribution in [1.82, 2.24) is 0 Å². The first-order chi connectivity index (χ1) is 17.4. The molecule has 180 valence electrons. The zero-order valence-electron chi connectivity index (χ0n) is 19.5. The van der Waals surface area contributed by atoms with E-state index in [1.165, 1.54) is 6.07 Å². The maximum absolute atomic E-state index is 15.1. The largest absolute Gasteiger partial charge is 0.206 e. The second-order valence-corrected chi connectivity index (χ2v) is 8.83. The number of benzene rings is 3. The molecule has 1 unspecified atom stereocenters. The molecule has 0 aromatic heterocycles. The van der Waals surface area contributed by atoms with Crippen LogP contribution in [-0.4, -0.2) is 5.16 Å². The fourth-order valence-corrected chi connectivity index (χ4v) is 4.49. The fourth-order valence-electron chi connectivity index (χ4n) is 4.40. The average molecular weight is 504 g/mol. The molecule has 0 aliphatic heterocycles. The second kappa shape index (κ2) is 11.4. The molecule has 0 saturated heterocycles. The minimum atomic E-state index is -0.885. The summed E-state index contributed by atoms with van der Waals surface area (Å²) >= 11 is 4.38. The lowest BCUT2D eigenvalue weighted by Crippen LogP contribution is -2.17. The number of halogens is 4. The minimum absolute atomic E-state index is 0.136. The molecule has 0 fully saturated rings. The van der Waals surface area contributed by atoms with Crippen LogP contribution in [0.2, 0.25) is 0 Å². The Balaban J connectivity index is 1.52. The second-order valence-electron chi connectivity index (χ2n) is 8.65. The molecule has 36 heavy (non-hydrogen) atoms. The number of rotatable bonds is 3. The molecule has 0 radical (unpaired) electrons. The number of hydrogen-bond acceptors (Lipinski definition) is 2. The Morgan fingerprint density at radius 3 is 2.08 bits per heavy atom.